The van der Waals surface area contributed by atoms with Crippen LogP contribution in [-0.2, 0) is 9.53 Å². The highest BCUT2D eigenvalue weighted by atomic mass is 32.2. The van der Waals surface area contributed by atoms with Crippen LogP contribution < -0.4 is 5.32 Å². The molecule has 0 aromatic heterocycles. The summed E-state index contributed by atoms with van der Waals surface area (Å²) in [6, 6.07) is 0.202. The monoisotopic (exact) mass is 293 g/mol. The molecule has 0 fully saturated rings. The summed E-state index contributed by atoms with van der Waals surface area (Å²) in [5.41, 5.74) is -0.668. The van der Waals surface area contributed by atoms with Crippen molar-refractivity contribution in [1.82, 2.24) is 5.32 Å². The molecular weight excluding hydrogens is 266 g/mol. The lowest BCUT2D eigenvalue weighted by Crippen LogP contribution is -2.53. The van der Waals surface area contributed by atoms with Gasteiger partial charge in [-0.05, 0) is 39.4 Å². The molecule has 0 rings (SSSR count). The predicted molar refractivity (Wildman–Crippen MR) is 78.3 cm³/mol. The lowest BCUT2D eigenvalue weighted by atomic mass is 9.95. The topological polar surface area (TPSA) is 78.8 Å². The van der Waals surface area contributed by atoms with Crippen molar-refractivity contribution < 1.29 is 19.7 Å². The van der Waals surface area contributed by atoms with Crippen LogP contribution in [-0.4, -0.2) is 59.1 Å². The predicted octanol–water partition coefficient (Wildman–Crippen LogP) is 0.783. The Hall–Kier alpha value is -0.300. The zero-order valence-corrected chi connectivity index (χ0v) is 13.1. The average molecular weight is 293 g/mol. The van der Waals surface area contributed by atoms with Crippen molar-refractivity contribution in [2.24, 2.45) is 0 Å². The average Bonchev–Trinajstić information content (AvgIpc) is 2.36. The van der Waals surface area contributed by atoms with E-state index in [1.54, 1.807) is 11.8 Å². The SMILES string of the molecule is COC(=O)C(C)(CCCSCC(O)CO)NC(C)C. The van der Waals surface area contributed by atoms with Crippen molar-refractivity contribution in [3.05, 3.63) is 0 Å². The molecule has 3 N–H and O–H groups in total. The number of carbonyl (C=O) groups is 1. The van der Waals surface area contributed by atoms with Gasteiger partial charge in [0, 0.05) is 11.8 Å². The standard InChI is InChI=1S/C13H27NO4S/c1-10(2)14-13(3,12(17)18-4)6-5-7-19-9-11(16)8-15/h10-11,14-16H,5-9H2,1-4H3. The first-order chi connectivity index (χ1) is 8.85. The Kier molecular flexibility index (Phi) is 9.43. The van der Waals surface area contributed by atoms with Crippen LogP contribution >= 0.6 is 11.8 Å². The molecule has 2 unspecified atom stereocenters. The van der Waals surface area contributed by atoms with Crippen LogP contribution in [0.5, 0.6) is 0 Å². The van der Waals surface area contributed by atoms with Gasteiger partial charge in [0.2, 0.25) is 0 Å². The highest BCUT2D eigenvalue weighted by Crippen LogP contribution is 2.18. The van der Waals surface area contributed by atoms with E-state index in [0.717, 1.165) is 12.2 Å². The number of esters is 1. The molecule has 6 heteroatoms. The minimum Gasteiger partial charge on any atom is -0.468 e. The highest BCUT2D eigenvalue weighted by Gasteiger charge is 2.33. The fraction of sp³-hybridized carbons (Fsp3) is 0.923. The maximum Gasteiger partial charge on any atom is 0.325 e. The van der Waals surface area contributed by atoms with Crippen LogP contribution in [0, 0.1) is 0 Å². The molecule has 114 valence electrons. The molecule has 0 bridgehead atoms. The van der Waals surface area contributed by atoms with E-state index in [-0.39, 0.29) is 18.6 Å². The van der Waals surface area contributed by atoms with Crippen molar-refractivity contribution in [2.75, 3.05) is 25.2 Å². The number of ether oxygens (including phenoxy) is 1. The third-order valence-corrected chi connectivity index (χ3v) is 3.93. The molecule has 0 spiro atoms. The van der Waals surface area contributed by atoms with Gasteiger partial charge in [-0.3, -0.25) is 10.1 Å². The van der Waals surface area contributed by atoms with Crippen LogP contribution in [0.1, 0.15) is 33.6 Å². The molecule has 0 saturated carbocycles. The van der Waals surface area contributed by atoms with E-state index < -0.39 is 11.6 Å². The van der Waals surface area contributed by atoms with Gasteiger partial charge in [0.1, 0.15) is 5.54 Å². The molecule has 0 heterocycles. The Morgan fingerprint density at radius 3 is 2.58 bits per heavy atom. The highest BCUT2D eigenvalue weighted by molar-refractivity contribution is 7.99. The van der Waals surface area contributed by atoms with Crippen LogP contribution in [0.2, 0.25) is 0 Å². The molecule has 0 aromatic carbocycles. The maximum atomic E-state index is 11.8. The molecule has 0 aliphatic rings. The maximum absolute atomic E-state index is 11.8. The number of carbonyl (C=O) groups excluding carboxylic acids is 1. The van der Waals surface area contributed by atoms with Crippen LogP contribution in [0.25, 0.3) is 0 Å². The van der Waals surface area contributed by atoms with Gasteiger partial charge >= 0.3 is 5.97 Å². The molecule has 0 aliphatic carbocycles. The van der Waals surface area contributed by atoms with Gasteiger partial charge in [-0.25, -0.2) is 0 Å². The summed E-state index contributed by atoms with van der Waals surface area (Å²) in [4.78, 5) is 11.8. The van der Waals surface area contributed by atoms with E-state index in [1.165, 1.54) is 7.11 Å². The number of hydrogen-bond donors (Lipinski definition) is 3. The third kappa shape index (κ3) is 7.77. The van der Waals surface area contributed by atoms with Crippen LogP contribution in [0.4, 0.5) is 0 Å². The van der Waals surface area contributed by atoms with Gasteiger partial charge in [-0.15, -0.1) is 0 Å². The summed E-state index contributed by atoms with van der Waals surface area (Å²) in [7, 11) is 1.40. The molecule has 0 saturated heterocycles. The van der Waals surface area contributed by atoms with E-state index in [0.29, 0.717) is 12.2 Å². The van der Waals surface area contributed by atoms with E-state index in [1.807, 2.05) is 20.8 Å². The van der Waals surface area contributed by atoms with E-state index in [9.17, 15) is 9.90 Å². The summed E-state index contributed by atoms with van der Waals surface area (Å²) in [6.45, 7) is 5.63. The first-order valence-electron chi connectivity index (χ1n) is 6.58. The van der Waals surface area contributed by atoms with E-state index in [2.05, 4.69) is 5.32 Å². The second kappa shape index (κ2) is 9.58. The Labute approximate surface area is 120 Å². The molecule has 2 atom stereocenters. The molecular formula is C13H27NO4S. The largest absolute Gasteiger partial charge is 0.468 e. The summed E-state index contributed by atoms with van der Waals surface area (Å²) in [6.07, 6.45) is 0.861. The summed E-state index contributed by atoms with van der Waals surface area (Å²) >= 11 is 1.57. The Morgan fingerprint density at radius 1 is 1.47 bits per heavy atom. The van der Waals surface area contributed by atoms with Crippen molar-refractivity contribution >= 4 is 17.7 Å². The van der Waals surface area contributed by atoms with Crippen molar-refractivity contribution in [2.45, 2.75) is 51.3 Å². The number of thioether (sulfide) groups is 1. The smallest absolute Gasteiger partial charge is 0.325 e. The molecule has 0 aromatic rings. The van der Waals surface area contributed by atoms with Crippen molar-refractivity contribution in [3.63, 3.8) is 0 Å². The van der Waals surface area contributed by atoms with Gasteiger partial charge in [0.05, 0.1) is 19.8 Å². The molecule has 19 heavy (non-hydrogen) atoms. The number of rotatable bonds is 10. The number of aliphatic hydroxyl groups excluding tert-OH is 2. The van der Waals surface area contributed by atoms with Gasteiger partial charge in [0.15, 0.2) is 0 Å². The summed E-state index contributed by atoms with van der Waals surface area (Å²) < 4.78 is 4.85. The van der Waals surface area contributed by atoms with E-state index in [4.69, 9.17) is 9.84 Å². The minimum absolute atomic E-state index is 0.202. The Bertz CT molecular complexity index is 263. The number of nitrogens with one attached hydrogen (secondary N) is 1. The van der Waals surface area contributed by atoms with Gasteiger partial charge in [0.25, 0.3) is 0 Å². The van der Waals surface area contributed by atoms with Crippen molar-refractivity contribution in [1.29, 1.82) is 0 Å². The quantitative estimate of drug-likeness (QED) is 0.408. The molecule has 5 nitrogen and oxygen atoms in total. The van der Waals surface area contributed by atoms with Crippen LogP contribution in [0.15, 0.2) is 0 Å². The fourth-order valence-electron chi connectivity index (χ4n) is 1.90. The van der Waals surface area contributed by atoms with Gasteiger partial charge < -0.3 is 14.9 Å². The van der Waals surface area contributed by atoms with Crippen LogP contribution in [0.3, 0.4) is 0 Å². The van der Waals surface area contributed by atoms with Gasteiger partial charge in [-0.1, -0.05) is 0 Å². The fourth-order valence-corrected chi connectivity index (χ4v) is 2.79. The van der Waals surface area contributed by atoms with Crippen molar-refractivity contribution in [3.8, 4) is 0 Å². The number of methoxy groups -OCH3 is 1. The number of hydrogen-bond acceptors (Lipinski definition) is 6. The first kappa shape index (κ1) is 18.7. The third-order valence-electron chi connectivity index (χ3n) is 2.73. The van der Waals surface area contributed by atoms with Gasteiger partial charge in [-0.2, -0.15) is 11.8 Å². The minimum atomic E-state index is -0.668. The molecule has 0 aliphatic heterocycles. The molecule has 0 radical (unpaired) electrons. The molecule has 0 amide bonds. The Morgan fingerprint density at radius 2 is 2.11 bits per heavy atom. The first-order valence-corrected chi connectivity index (χ1v) is 7.74. The summed E-state index contributed by atoms with van der Waals surface area (Å²) in [5.74, 6) is 1.11. The lowest BCUT2D eigenvalue weighted by Gasteiger charge is -2.30. The number of aliphatic hydroxyl groups is 2. The second-order valence-electron chi connectivity index (χ2n) is 5.14. The zero-order valence-electron chi connectivity index (χ0n) is 12.3. The zero-order chi connectivity index (χ0) is 14.9. The van der Waals surface area contributed by atoms with E-state index >= 15 is 0 Å². The normalized spacial score (nSPS) is 16.2. The lowest BCUT2D eigenvalue weighted by molar-refractivity contribution is -0.148. The summed E-state index contributed by atoms with van der Waals surface area (Å²) in [5, 5.41) is 21.1. The Balaban J connectivity index is 4.10. The second-order valence-corrected chi connectivity index (χ2v) is 6.29.